The first-order chi connectivity index (χ1) is 9.67. The number of amides is 1. The van der Waals surface area contributed by atoms with Crippen LogP contribution in [-0.2, 0) is 9.53 Å². The molecular formula is C16H21NO3. The van der Waals surface area contributed by atoms with Gasteiger partial charge in [0.05, 0.1) is 12.7 Å². The second-order valence-corrected chi connectivity index (χ2v) is 5.10. The second kappa shape index (κ2) is 6.55. The number of carbonyl (C=O) groups is 2. The first-order valence-electron chi connectivity index (χ1n) is 7.17. The van der Waals surface area contributed by atoms with Crippen molar-refractivity contribution in [3.63, 3.8) is 0 Å². The van der Waals surface area contributed by atoms with E-state index in [0.717, 1.165) is 31.4 Å². The van der Waals surface area contributed by atoms with Crippen molar-refractivity contribution in [1.82, 2.24) is 0 Å². The molecule has 1 aliphatic carbocycles. The van der Waals surface area contributed by atoms with Crippen LogP contribution in [0.5, 0.6) is 0 Å². The zero-order valence-electron chi connectivity index (χ0n) is 12.1. The maximum atomic E-state index is 12.5. The summed E-state index contributed by atoms with van der Waals surface area (Å²) in [5.74, 6) is 0.00719. The molecule has 0 saturated heterocycles. The molecule has 0 N–H and O–H groups in total. The minimum atomic E-state index is -0.360. The maximum absolute atomic E-state index is 12.5. The number of hydrogen-bond acceptors (Lipinski definition) is 3. The van der Waals surface area contributed by atoms with Crippen molar-refractivity contribution in [1.29, 1.82) is 0 Å². The monoisotopic (exact) mass is 275 g/mol. The number of esters is 1. The zero-order chi connectivity index (χ0) is 14.5. The highest BCUT2D eigenvalue weighted by Gasteiger charge is 2.27. The number of nitrogens with zero attached hydrogens (tertiary/aromatic N) is 1. The fraction of sp³-hybridized carbons (Fsp3) is 0.500. The molecule has 0 unspecified atom stereocenters. The molecule has 1 aliphatic rings. The van der Waals surface area contributed by atoms with E-state index in [1.54, 1.807) is 17.0 Å². The molecule has 0 spiro atoms. The van der Waals surface area contributed by atoms with Gasteiger partial charge in [0.25, 0.3) is 0 Å². The van der Waals surface area contributed by atoms with Crippen molar-refractivity contribution in [2.24, 2.45) is 5.92 Å². The van der Waals surface area contributed by atoms with Crippen LogP contribution in [0.2, 0.25) is 0 Å². The van der Waals surface area contributed by atoms with Crippen molar-refractivity contribution in [2.75, 3.05) is 18.6 Å². The van der Waals surface area contributed by atoms with Gasteiger partial charge in [-0.05, 0) is 44.0 Å². The van der Waals surface area contributed by atoms with Gasteiger partial charge in [0, 0.05) is 18.2 Å². The molecule has 2 rings (SSSR count). The van der Waals surface area contributed by atoms with E-state index in [-0.39, 0.29) is 17.8 Å². The summed E-state index contributed by atoms with van der Waals surface area (Å²) in [7, 11) is 1.36. The standard InChI is InChI=1S/C16H21NO3/c1-3-17(15(18)12-6-4-5-7-12)14-10-8-13(9-11-14)16(19)20-2/h8-12H,3-7H2,1-2H3. The van der Waals surface area contributed by atoms with Gasteiger partial charge in [0.1, 0.15) is 0 Å². The zero-order valence-corrected chi connectivity index (χ0v) is 12.1. The summed E-state index contributed by atoms with van der Waals surface area (Å²) in [4.78, 5) is 25.7. The molecule has 0 aliphatic heterocycles. The summed E-state index contributed by atoms with van der Waals surface area (Å²) in [6.45, 7) is 2.62. The Morgan fingerprint density at radius 1 is 1.20 bits per heavy atom. The minimum Gasteiger partial charge on any atom is -0.465 e. The number of hydrogen-bond donors (Lipinski definition) is 0. The summed E-state index contributed by atoms with van der Waals surface area (Å²) in [5.41, 5.74) is 1.35. The smallest absolute Gasteiger partial charge is 0.337 e. The van der Waals surface area contributed by atoms with Crippen LogP contribution >= 0.6 is 0 Å². The third-order valence-corrected chi connectivity index (χ3v) is 3.89. The highest BCUT2D eigenvalue weighted by Crippen LogP contribution is 2.28. The lowest BCUT2D eigenvalue weighted by atomic mass is 10.1. The van der Waals surface area contributed by atoms with E-state index in [2.05, 4.69) is 4.74 Å². The number of ether oxygens (including phenoxy) is 1. The molecule has 4 heteroatoms. The Kier molecular flexibility index (Phi) is 4.77. The van der Waals surface area contributed by atoms with E-state index in [9.17, 15) is 9.59 Å². The summed E-state index contributed by atoms with van der Waals surface area (Å²) in [6, 6.07) is 7.02. The number of carbonyl (C=O) groups excluding carboxylic acids is 2. The molecule has 0 atom stereocenters. The maximum Gasteiger partial charge on any atom is 0.337 e. The molecule has 4 nitrogen and oxygen atoms in total. The van der Waals surface area contributed by atoms with E-state index in [4.69, 9.17) is 0 Å². The summed E-state index contributed by atoms with van der Waals surface area (Å²) in [5, 5.41) is 0. The minimum absolute atomic E-state index is 0.162. The van der Waals surface area contributed by atoms with Crippen LogP contribution in [-0.4, -0.2) is 25.5 Å². The molecule has 0 aromatic heterocycles. The summed E-state index contributed by atoms with van der Waals surface area (Å²) < 4.78 is 4.67. The van der Waals surface area contributed by atoms with Gasteiger partial charge in [-0.2, -0.15) is 0 Å². The van der Waals surface area contributed by atoms with E-state index < -0.39 is 0 Å². The van der Waals surface area contributed by atoms with Crippen LogP contribution in [0.15, 0.2) is 24.3 Å². The van der Waals surface area contributed by atoms with Gasteiger partial charge in [-0.25, -0.2) is 4.79 Å². The third-order valence-electron chi connectivity index (χ3n) is 3.89. The third kappa shape index (κ3) is 3.00. The van der Waals surface area contributed by atoms with Gasteiger partial charge in [-0.15, -0.1) is 0 Å². The van der Waals surface area contributed by atoms with Gasteiger partial charge in [0.2, 0.25) is 5.91 Å². The van der Waals surface area contributed by atoms with Crippen LogP contribution in [0.1, 0.15) is 43.0 Å². The lowest BCUT2D eigenvalue weighted by Gasteiger charge is -2.24. The highest BCUT2D eigenvalue weighted by molar-refractivity contribution is 5.96. The van der Waals surface area contributed by atoms with E-state index in [1.807, 2.05) is 19.1 Å². The largest absolute Gasteiger partial charge is 0.465 e. The van der Waals surface area contributed by atoms with Gasteiger partial charge in [-0.3, -0.25) is 4.79 Å². The summed E-state index contributed by atoms with van der Waals surface area (Å²) in [6.07, 6.45) is 4.29. The topological polar surface area (TPSA) is 46.6 Å². The fourth-order valence-electron chi connectivity index (χ4n) is 2.75. The summed E-state index contributed by atoms with van der Waals surface area (Å²) >= 11 is 0. The molecule has 1 amide bonds. The quantitative estimate of drug-likeness (QED) is 0.793. The molecule has 1 aromatic carbocycles. The molecule has 0 radical (unpaired) electrons. The Hall–Kier alpha value is -1.84. The van der Waals surface area contributed by atoms with Gasteiger partial charge in [0.15, 0.2) is 0 Å². The SMILES string of the molecule is CCN(C(=O)C1CCCC1)c1ccc(C(=O)OC)cc1. The Bertz CT molecular complexity index is 475. The molecule has 1 saturated carbocycles. The highest BCUT2D eigenvalue weighted by atomic mass is 16.5. The van der Waals surface area contributed by atoms with Crippen molar-refractivity contribution in [3.05, 3.63) is 29.8 Å². The van der Waals surface area contributed by atoms with Gasteiger partial charge < -0.3 is 9.64 Å². The van der Waals surface area contributed by atoms with Crippen molar-refractivity contribution < 1.29 is 14.3 Å². The number of methoxy groups -OCH3 is 1. The predicted molar refractivity (Wildman–Crippen MR) is 77.8 cm³/mol. The molecule has 1 aromatic rings. The molecule has 0 heterocycles. The number of anilines is 1. The molecule has 108 valence electrons. The first kappa shape index (κ1) is 14.6. The lowest BCUT2D eigenvalue weighted by molar-refractivity contribution is -0.122. The lowest BCUT2D eigenvalue weighted by Crippen LogP contribution is -2.35. The Morgan fingerprint density at radius 3 is 2.30 bits per heavy atom. The Balaban J connectivity index is 2.14. The van der Waals surface area contributed by atoms with Crippen molar-refractivity contribution in [2.45, 2.75) is 32.6 Å². The van der Waals surface area contributed by atoms with E-state index >= 15 is 0 Å². The molecule has 0 bridgehead atoms. The van der Waals surface area contributed by atoms with Crippen LogP contribution in [0, 0.1) is 5.92 Å². The average molecular weight is 275 g/mol. The van der Waals surface area contributed by atoms with Crippen LogP contribution < -0.4 is 4.90 Å². The normalized spacial score (nSPS) is 15.1. The second-order valence-electron chi connectivity index (χ2n) is 5.10. The molecular weight excluding hydrogens is 254 g/mol. The Labute approximate surface area is 119 Å². The average Bonchev–Trinajstić information content (AvgIpc) is 3.02. The molecule has 20 heavy (non-hydrogen) atoms. The number of benzene rings is 1. The van der Waals surface area contributed by atoms with Crippen molar-refractivity contribution in [3.8, 4) is 0 Å². The van der Waals surface area contributed by atoms with Crippen LogP contribution in [0.4, 0.5) is 5.69 Å². The predicted octanol–water partition coefficient (Wildman–Crippen LogP) is 3.02. The fourth-order valence-corrected chi connectivity index (χ4v) is 2.75. The Morgan fingerprint density at radius 2 is 1.80 bits per heavy atom. The van der Waals surface area contributed by atoms with Gasteiger partial charge >= 0.3 is 5.97 Å². The van der Waals surface area contributed by atoms with E-state index in [1.165, 1.54) is 7.11 Å². The van der Waals surface area contributed by atoms with Crippen LogP contribution in [0.3, 0.4) is 0 Å². The van der Waals surface area contributed by atoms with Gasteiger partial charge in [-0.1, -0.05) is 12.8 Å². The van der Waals surface area contributed by atoms with E-state index in [0.29, 0.717) is 12.1 Å². The van der Waals surface area contributed by atoms with Crippen LogP contribution in [0.25, 0.3) is 0 Å². The first-order valence-corrected chi connectivity index (χ1v) is 7.17. The molecule has 1 fully saturated rings. The van der Waals surface area contributed by atoms with Crippen molar-refractivity contribution >= 4 is 17.6 Å². The number of rotatable bonds is 4.